The molecule has 1 aliphatic rings. The Labute approximate surface area is 80.8 Å². The Morgan fingerprint density at radius 2 is 2.29 bits per heavy atom. The first kappa shape index (κ1) is 8.74. The van der Waals surface area contributed by atoms with Crippen molar-refractivity contribution >= 4 is 11.7 Å². The van der Waals surface area contributed by atoms with Crippen LogP contribution >= 0.6 is 0 Å². The molecule has 0 saturated heterocycles. The molecule has 0 radical (unpaired) electrons. The molecule has 1 N–H and O–H groups in total. The van der Waals surface area contributed by atoms with E-state index in [0.29, 0.717) is 17.0 Å². The lowest BCUT2D eigenvalue weighted by atomic mass is 10.0. The molecule has 1 aliphatic heterocycles. The van der Waals surface area contributed by atoms with E-state index in [1.54, 1.807) is 6.07 Å². The fraction of sp³-hybridized carbons (Fsp3) is 0.200. The first-order valence-corrected chi connectivity index (χ1v) is 4.23. The number of hydrogen-bond acceptors (Lipinski definition) is 4. The van der Waals surface area contributed by atoms with Crippen LogP contribution in [0, 0.1) is 6.92 Å². The van der Waals surface area contributed by atoms with Gasteiger partial charge in [0.05, 0.1) is 6.42 Å². The van der Waals surface area contributed by atoms with Crippen molar-refractivity contribution in [2.75, 3.05) is 0 Å². The van der Waals surface area contributed by atoms with Crippen LogP contribution in [-0.2, 0) is 4.79 Å². The lowest BCUT2D eigenvalue weighted by Crippen LogP contribution is -2.22. The van der Waals surface area contributed by atoms with Crippen LogP contribution in [0.4, 0.5) is 0 Å². The van der Waals surface area contributed by atoms with E-state index < -0.39 is 5.97 Å². The van der Waals surface area contributed by atoms with Crippen LogP contribution in [0.2, 0.25) is 0 Å². The minimum absolute atomic E-state index is 0.0208. The average Bonchev–Trinajstić information content (AvgIpc) is 2.17. The standard InChI is InChI=1S/C10H9NO3/c1-6-2-3-9-7(4-6)8(11-13)5-10(12)14-9/h2-4,13H,5H2,1H3/b11-8+. The molecule has 4 heteroatoms. The van der Waals surface area contributed by atoms with E-state index in [1.165, 1.54) is 0 Å². The smallest absolute Gasteiger partial charge is 0.317 e. The number of fused-ring (bicyclic) bond motifs is 1. The molecule has 72 valence electrons. The van der Waals surface area contributed by atoms with Crippen molar-refractivity contribution in [1.29, 1.82) is 0 Å². The first-order valence-electron chi connectivity index (χ1n) is 4.23. The number of hydrogen-bond donors (Lipinski definition) is 1. The van der Waals surface area contributed by atoms with Gasteiger partial charge in [-0.15, -0.1) is 0 Å². The molecule has 0 atom stereocenters. The maximum atomic E-state index is 11.1. The van der Waals surface area contributed by atoms with Gasteiger partial charge >= 0.3 is 5.97 Å². The van der Waals surface area contributed by atoms with Gasteiger partial charge in [-0.3, -0.25) is 4.79 Å². The molecule has 0 unspecified atom stereocenters. The molecule has 2 rings (SSSR count). The summed E-state index contributed by atoms with van der Waals surface area (Å²) in [6.07, 6.45) is 0.0208. The van der Waals surface area contributed by atoms with Gasteiger partial charge < -0.3 is 9.94 Å². The molecule has 0 fully saturated rings. The number of rotatable bonds is 0. The van der Waals surface area contributed by atoms with Crippen LogP contribution in [0.5, 0.6) is 5.75 Å². The Kier molecular flexibility index (Phi) is 1.96. The Balaban J connectivity index is 2.57. The van der Waals surface area contributed by atoms with Crippen molar-refractivity contribution in [3.63, 3.8) is 0 Å². The highest BCUT2D eigenvalue weighted by Gasteiger charge is 2.23. The summed E-state index contributed by atoms with van der Waals surface area (Å²) in [4.78, 5) is 11.1. The van der Waals surface area contributed by atoms with E-state index in [0.717, 1.165) is 5.56 Å². The summed E-state index contributed by atoms with van der Waals surface area (Å²) in [6, 6.07) is 5.37. The van der Waals surface area contributed by atoms with E-state index in [4.69, 9.17) is 9.94 Å². The molecule has 14 heavy (non-hydrogen) atoms. The van der Waals surface area contributed by atoms with Gasteiger partial charge in [-0.05, 0) is 19.1 Å². The number of carbonyl (C=O) groups is 1. The van der Waals surface area contributed by atoms with Crippen LogP contribution in [0.15, 0.2) is 23.4 Å². The van der Waals surface area contributed by atoms with Gasteiger partial charge in [-0.2, -0.15) is 0 Å². The van der Waals surface area contributed by atoms with Crippen LogP contribution in [0.25, 0.3) is 0 Å². The number of oxime groups is 1. The monoisotopic (exact) mass is 191 g/mol. The number of carbonyl (C=O) groups excluding carboxylic acids is 1. The molecule has 0 spiro atoms. The van der Waals surface area contributed by atoms with E-state index >= 15 is 0 Å². The second-order valence-electron chi connectivity index (χ2n) is 3.20. The first-order chi connectivity index (χ1) is 6.70. The fourth-order valence-corrected chi connectivity index (χ4v) is 1.44. The summed E-state index contributed by atoms with van der Waals surface area (Å²) < 4.78 is 4.99. The summed E-state index contributed by atoms with van der Waals surface area (Å²) >= 11 is 0. The highest BCUT2D eigenvalue weighted by molar-refractivity contribution is 6.13. The third kappa shape index (κ3) is 1.35. The molecule has 0 aromatic heterocycles. The number of aryl methyl sites for hydroxylation is 1. The number of ether oxygens (including phenoxy) is 1. The molecule has 1 heterocycles. The molecule has 1 aromatic rings. The zero-order valence-corrected chi connectivity index (χ0v) is 7.65. The zero-order chi connectivity index (χ0) is 10.1. The van der Waals surface area contributed by atoms with Gasteiger partial charge in [0.2, 0.25) is 0 Å². The second-order valence-corrected chi connectivity index (χ2v) is 3.20. The summed E-state index contributed by atoms with van der Waals surface area (Å²) in [5.41, 5.74) is 2.08. The van der Waals surface area contributed by atoms with Crippen LogP contribution in [-0.4, -0.2) is 16.9 Å². The lowest BCUT2D eigenvalue weighted by Gasteiger charge is -2.16. The van der Waals surface area contributed by atoms with Gasteiger partial charge in [-0.1, -0.05) is 16.8 Å². The van der Waals surface area contributed by atoms with Crippen molar-refractivity contribution in [3.05, 3.63) is 29.3 Å². The lowest BCUT2D eigenvalue weighted by molar-refractivity contribution is -0.133. The molecule has 4 nitrogen and oxygen atoms in total. The number of esters is 1. The maximum Gasteiger partial charge on any atom is 0.317 e. The fourth-order valence-electron chi connectivity index (χ4n) is 1.44. The molecule has 1 aromatic carbocycles. The predicted molar refractivity (Wildman–Crippen MR) is 49.8 cm³/mol. The Bertz CT molecular complexity index is 423. The molecular weight excluding hydrogens is 182 g/mol. The molecule has 0 aliphatic carbocycles. The van der Waals surface area contributed by atoms with E-state index in [9.17, 15) is 4.79 Å². The van der Waals surface area contributed by atoms with Crippen molar-refractivity contribution in [2.24, 2.45) is 5.16 Å². The molecule has 0 bridgehead atoms. The quantitative estimate of drug-likeness (QED) is 0.292. The van der Waals surface area contributed by atoms with E-state index in [2.05, 4.69) is 5.16 Å². The third-order valence-corrected chi connectivity index (χ3v) is 2.10. The SMILES string of the molecule is Cc1ccc2c(c1)/C(=N/O)CC(=O)O2. The van der Waals surface area contributed by atoms with Gasteiger partial charge in [0, 0.05) is 5.56 Å². The molecular formula is C10H9NO3. The normalized spacial score (nSPS) is 17.8. The highest BCUT2D eigenvalue weighted by Crippen LogP contribution is 2.26. The Hall–Kier alpha value is -1.84. The van der Waals surface area contributed by atoms with Crippen molar-refractivity contribution in [3.8, 4) is 5.75 Å². The minimum atomic E-state index is -0.394. The van der Waals surface area contributed by atoms with Gasteiger partial charge in [-0.25, -0.2) is 0 Å². The second kappa shape index (κ2) is 3.14. The van der Waals surface area contributed by atoms with Gasteiger partial charge in [0.25, 0.3) is 0 Å². The maximum absolute atomic E-state index is 11.1. The topological polar surface area (TPSA) is 58.9 Å². The van der Waals surface area contributed by atoms with Crippen molar-refractivity contribution in [2.45, 2.75) is 13.3 Å². The van der Waals surface area contributed by atoms with Crippen LogP contribution in [0.1, 0.15) is 17.5 Å². The van der Waals surface area contributed by atoms with Crippen molar-refractivity contribution < 1.29 is 14.7 Å². The number of benzene rings is 1. The van der Waals surface area contributed by atoms with Gasteiger partial charge in [0.1, 0.15) is 11.5 Å². The highest BCUT2D eigenvalue weighted by atomic mass is 16.5. The van der Waals surface area contributed by atoms with Crippen LogP contribution in [0.3, 0.4) is 0 Å². The number of nitrogens with zero attached hydrogens (tertiary/aromatic N) is 1. The molecule has 0 saturated carbocycles. The van der Waals surface area contributed by atoms with Gasteiger partial charge in [0.15, 0.2) is 0 Å². The Morgan fingerprint density at radius 3 is 3.00 bits per heavy atom. The van der Waals surface area contributed by atoms with Crippen LogP contribution < -0.4 is 4.74 Å². The summed E-state index contributed by atoms with van der Waals surface area (Å²) in [5.74, 6) is 0.0637. The predicted octanol–water partition coefficient (Wildman–Crippen LogP) is 1.48. The summed E-state index contributed by atoms with van der Waals surface area (Å²) in [7, 11) is 0. The molecule has 0 amide bonds. The zero-order valence-electron chi connectivity index (χ0n) is 7.65. The largest absolute Gasteiger partial charge is 0.426 e. The van der Waals surface area contributed by atoms with E-state index in [1.807, 2.05) is 19.1 Å². The minimum Gasteiger partial charge on any atom is -0.426 e. The van der Waals surface area contributed by atoms with Crippen molar-refractivity contribution in [1.82, 2.24) is 0 Å². The Morgan fingerprint density at radius 1 is 1.50 bits per heavy atom. The third-order valence-electron chi connectivity index (χ3n) is 2.10. The van der Waals surface area contributed by atoms with E-state index in [-0.39, 0.29) is 6.42 Å². The summed E-state index contributed by atoms with van der Waals surface area (Å²) in [6.45, 7) is 1.92. The average molecular weight is 191 g/mol. The summed E-state index contributed by atoms with van der Waals surface area (Å²) in [5, 5.41) is 11.8.